The smallest absolute Gasteiger partial charge is 0.253 e. The van der Waals surface area contributed by atoms with Crippen molar-refractivity contribution in [2.75, 3.05) is 11.1 Å². The quantitative estimate of drug-likeness (QED) is 0.835. The molecule has 0 bridgehead atoms. The zero-order valence-corrected chi connectivity index (χ0v) is 13.1. The van der Waals surface area contributed by atoms with Gasteiger partial charge in [0.15, 0.2) is 0 Å². The minimum atomic E-state index is -0.466. The molecule has 1 fully saturated rings. The number of ether oxygens (including phenoxy) is 1. The van der Waals surface area contributed by atoms with Gasteiger partial charge in [-0.1, -0.05) is 26.0 Å². The van der Waals surface area contributed by atoms with Crippen molar-refractivity contribution in [1.29, 1.82) is 0 Å². The lowest BCUT2D eigenvalue weighted by atomic mass is 9.82. The standard InChI is InChI=1S/C17H26N2O2/c1-11-8-12(2)10-14(9-11)21-13(3)17(20)19-16-7-5-4-6-15(16)18/h4-7,11-14H,8-10,18H2,1-3H3,(H,19,20). The largest absolute Gasteiger partial charge is 0.397 e. The second-order valence-electron chi connectivity index (χ2n) is 6.39. The summed E-state index contributed by atoms with van der Waals surface area (Å²) in [7, 11) is 0. The number of nitrogen functional groups attached to an aromatic ring is 1. The molecule has 4 nitrogen and oxygen atoms in total. The highest BCUT2D eigenvalue weighted by atomic mass is 16.5. The third kappa shape index (κ3) is 4.46. The minimum absolute atomic E-state index is 0.140. The van der Waals surface area contributed by atoms with Gasteiger partial charge in [0, 0.05) is 0 Å². The molecule has 116 valence electrons. The van der Waals surface area contributed by atoms with Gasteiger partial charge >= 0.3 is 0 Å². The highest BCUT2D eigenvalue weighted by Crippen LogP contribution is 2.31. The average molecular weight is 290 g/mol. The maximum absolute atomic E-state index is 12.2. The van der Waals surface area contributed by atoms with E-state index in [1.807, 2.05) is 12.1 Å². The summed E-state index contributed by atoms with van der Waals surface area (Å²) in [4.78, 5) is 12.2. The zero-order chi connectivity index (χ0) is 15.4. The Kier molecular flexibility index (Phi) is 5.23. The van der Waals surface area contributed by atoms with E-state index in [4.69, 9.17) is 10.5 Å². The van der Waals surface area contributed by atoms with Gasteiger partial charge in [-0.15, -0.1) is 0 Å². The van der Waals surface area contributed by atoms with Gasteiger partial charge in [-0.05, 0) is 50.2 Å². The molecule has 1 aromatic rings. The van der Waals surface area contributed by atoms with Crippen molar-refractivity contribution in [3.8, 4) is 0 Å². The molecule has 0 spiro atoms. The predicted molar refractivity (Wildman–Crippen MR) is 86.0 cm³/mol. The lowest BCUT2D eigenvalue weighted by Gasteiger charge is -2.32. The fraction of sp³-hybridized carbons (Fsp3) is 0.588. The molecule has 3 atom stereocenters. The fourth-order valence-electron chi connectivity index (χ4n) is 3.18. The molecule has 1 aromatic carbocycles. The Morgan fingerprint density at radius 3 is 2.48 bits per heavy atom. The van der Waals surface area contributed by atoms with Crippen LogP contribution in [-0.2, 0) is 9.53 Å². The summed E-state index contributed by atoms with van der Waals surface area (Å²) >= 11 is 0. The van der Waals surface area contributed by atoms with Crippen LogP contribution in [0.3, 0.4) is 0 Å². The summed E-state index contributed by atoms with van der Waals surface area (Å²) in [5, 5.41) is 2.83. The lowest BCUT2D eigenvalue weighted by molar-refractivity contribution is -0.132. The molecule has 2 rings (SSSR count). The third-order valence-electron chi connectivity index (χ3n) is 4.12. The summed E-state index contributed by atoms with van der Waals surface area (Å²) in [6.07, 6.45) is 3.04. The monoisotopic (exact) mass is 290 g/mol. The number of para-hydroxylation sites is 2. The Bertz CT molecular complexity index is 479. The average Bonchev–Trinajstić information content (AvgIpc) is 2.40. The molecule has 1 amide bonds. The molecule has 4 heteroatoms. The van der Waals surface area contributed by atoms with Gasteiger partial charge in [0.2, 0.25) is 0 Å². The van der Waals surface area contributed by atoms with Crippen molar-refractivity contribution in [3.63, 3.8) is 0 Å². The molecule has 0 heterocycles. The predicted octanol–water partition coefficient (Wildman–Crippen LogP) is 3.44. The van der Waals surface area contributed by atoms with Crippen molar-refractivity contribution < 1.29 is 9.53 Å². The van der Waals surface area contributed by atoms with Crippen molar-refractivity contribution in [3.05, 3.63) is 24.3 Å². The molecule has 0 aliphatic heterocycles. The van der Waals surface area contributed by atoms with E-state index in [1.54, 1.807) is 19.1 Å². The van der Waals surface area contributed by atoms with E-state index in [0.717, 1.165) is 12.8 Å². The Morgan fingerprint density at radius 2 is 1.86 bits per heavy atom. The number of hydrogen-bond acceptors (Lipinski definition) is 3. The number of rotatable bonds is 4. The number of carbonyl (C=O) groups excluding carboxylic acids is 1. The Hall–Kier alpha value is -1.55. The SMILES string of the molecule is CC1CC(C)CC(OC(C)C(=O)Nc2ccccc2N)C1. The molecular weight excluding hydrogens is 264 g/mol. The molecule has 0 aromatic heterocycles. The van der Waals surface area contributed by atoms with Gasteiger partial charge in [-0.2, -0.15) is 0 Å². The molecule has 1 aliphatic rings. The second kappa shape index (κ2) is 6.94. The number of hydrogen-bond donors (Lipinski definition) is 2. The first-order valence-corrected chi connectivity index (χ1v) is 7.76. The summed E-state index contributed by atoms with van der Waals surface area (Å²) < 4.78 is 5.95. The minimum Gasteiger partial charge on any atom is -0.397 e. The maximum atomic E-state index is 12.2. The Balaban J connectivity index is 1.89. The highest BCUT2D eigenvalue weighted by Gasteiger charge is 2.27. The number of anilines is 2. The molecule has 21 heavy (non-hydrogen) atoms. The zero-order valence-electron chi connectivity index (χ0n) is 13.1. The first-order chi connectivity index (χ1) is 9.95. The summed E-state index contributed by atoms with van der Waals surface area (Å²) in [5.74, 6) is 1.19. The van der Waals surface area contributed by atoms with E-state index in [-0.39, 0.29) is 12.0 Å². The van der Waals surface area contributed by atoms with Crippen LogP contribution in [-0.4, -0.2) is 18.1 Å². The molecule has 3 N–H and O–H groups in total. The topological polar surface area (TPSA) is 64.3 Å². The van der Waals surface area contributed by atoms with Crippen LogP contribution >= 0.6 is 0 Å². The van der Waals surface area contributed by atoms with Crippen LogP contribution in [0.2, 0.25) is 0 Å². The lowest BCUT2D eigenvalue weighted by Crippen LogP contribution is -2.35. The van der Waals surface area contributed by atoms with Crippen LogP contribution in [0.4, 0.5) is 11.4 Å². The van der Waals surface area contributed by atoms with Crippen molar-refractivity contribution in [2.45, 2.75) is 52.2 Å². The van der Waals surface area contributed by atoms with E-state index in [0.29, 0.717) is 23.2 Å². The van der Waals surface area contributed by atoms with Gasteiger partial charge < -0.3 is 15.8 Å². The van der Waals surface area contributed by atoms with Crippen LogP contribution in [0.25, 0.3) is 0 Å². The van der Waals surface area contributed by atoms with Gasteiger partial charge in [-0.25, -0.2) is 0 Å². The second-order valence-corrected chi connectivity index (χ2v) is 6.39. The molecule has 1 saturated carbocycles. The summed E-state index contributed by atoms with van der Waals surface area (Å²) in [6, 6.07) is 7.26. The fourth-order valence-corrected chi connectivity index (χ4v) is 3.18. The number of benzene rings is 1. The highest BCUT2D eigenvalue weighted by molar-refractivity contribution is 5.96. The van der Waals surface area contributed by atoms with Gasteiger partial charge in [0.25, 0.3) is 5.91 Å². The van der Waals surface area contributed by atoms with Gasteiger partial charge in [0.1, 0.15) is 6.10 Å². The van der Waals surface area contributed by atoms with Crippen molar-refractivity contribution >= 4 is 17.3 Å². The Labute approximate surface area is 127 Å². The van der Waals surface area contributed by atoms with E-state index in [2.05, 4.69) is 19.2 Å². The molecule has 3 unspecified atom stereocenters. The van der Waals surface area contributed by atoms with Crippen LogP contribution in [0, 0.1) is 11.8 Å². The Morgan fingerprint density at radius 1 is 1.24 bits per heavy atom. The molecule has 1 aliphatic carbocycles. The summed E-state index contributed by atoms with van der Waals surface area (Å²) in [6.45, 7) is 6.31. The van der Waals surface area contributed by atoms with Crippen LogP contribution < -0.4 is 11.1 Å². The van der Waals surface area contributed by atoms with Crippen LogP contribution in [0.15, 0.2) is 24.3 Å². The number of nitrogens with two attached hydrogens (primary N) is 1. The third-order valence-corrected chi connectivity index (χ3v) is 4.12. The van der Waals surface area contributed by atoms with E-state index < -0.39 is 6.10 Å². The molecule has 0 saturated heterocycles. The van der Waals surface area contributed by atoms with E-state index in [9.17, 15) is 4.79 Å². The number of amides is 1. The van der Waals surface area contributed by atoms with E-state index in [1.165, 1.54) is 6.42 Å². The van der Waals surface area contributed by atoms with Gasteiger partial charge in [0.05, 0.1) is 17.5 Å². The van der Waals surface area contributed by atoms with Crippen molar-refractivity contribution in [1.82, 2.24) is 0 Å². The molecule has 0 radical (unpaired) electrons. The first-order valence-electron chi connectivity index (χ1n) is 7.76. The van der Waals surface area contributed by atoms with Crippen LogP contribution in [0.5, 0.6) is 0 Å². The number of nitrogens with one attached hydrogen (secondary N) is 1. The first kappa shape index (κ1) is 15.8. The van der Waals surface area contributed by atoms with Crippen molar-refractivity contribution in [2.24, 2.45) is 11.8 Å². The number of carbonyl (C=O) groups is 1. The maximum Gasteiger partial charge on any atom is 0.253 e. The summed E-state index contributed by atoms with van der Waals surface area (Å²) in [5.41, 5.74) is 7.04. The molecular formula is C17H26N2O2. The normalized spacial score (nSPS) is 27.1. The van der Waals surface area contributed by atoms with Crippen LogP contribution in [0.1, 0.15) is 40.0 Å². The van der Waals surface area contributed by atoms with Gasteiger partial charge in [-0.3, -0.25) is 4.79 Å². The van der Waals surface area contributed by atoms with E-state index >= 15 is 0 Å².